The van der Waals surface area contributed by atoms with Crippen LogP contribution in [0.25, 0.3) is 0 Å². The summed E-state index contributed by atoms with van der Waals surface area (Å²) in [6.07, 6.45) is 10.3. The first-order valence-corrected chi connectivity index (χ1v) is 6.05. The van der Waals surface area contributed by atoms with Crippen LogP contribution >= 0.6 is 0 Å². The summed E-state index contributed by atoms with van der Waals surface area (Å²) in [5.41, 5.74) is 2.59. The Hall–Kier alpha value is -1.76. The van der Waals surface area contributed by atoms with Crippen LogP contribution in [0, 0.1) is 0 Å². The van der Waals surface area contributed by atoms with Crippen molar-refractivity contribution in [1.29, 1.82) is 0 Å². The van der Waals surface area contributed by atoms with Gasteiger partial charge in [0.2, 0.25) is 0 Å². The number of hydrogen-bond acceptors (Lipinski definition) is 1. The molecular weight excluding hydrogens is 208 g/mol. The van der Waals surface area contributed by atoms with Crippen LogP contribution in [-0.4, -0.2) is 6.61 Å². The van der Waals surface area contributed by atoms with E-state index in [-0.39, 0.29) is 0 Å². The van der Waals surface area contributed by atoms with E-state index in [0.717, 1.165) is 25.2 Å². The molecular formula is C16H18O. The molecule has 1 aliphatic carbocycles. The molecule has 0 N–H and O–H groups in total. The van der Waals surface area contributed by atoms with Crippen molar-refractivity contribution in [2.24, 2.45) is 0 Å². The van der Waals surface area contributed by atoms with Gasteiger partial charge >= 0.3 is 0 Å². The molecule has 0 heterocycles. The molecule has 1 aromatic carbocycles. The second kappa shape index (κ2) is 6.09. The highest BCUT2D eigenvalue weighted by Gasteiger charge is 1.99. The van der Waals surface area contributed by atoms with Crippen LogP contribution < -0.4 is 0 Å². The molecule has 0 saturated heterocycles. The third-order valence-electron chi connectivity index (χ3n) is 2.75. The summed E-state index contributed by atoms with van der Waals surface area (Å²) in [4.78, 5) is 0. The molecule has 0 bridgehead atoms. The van der Waals surface area contributed by atoms with Gasteiger partial charge in [0.25, 0.3) is 0 Å². The van der Waals surface area contributed by atoms with E-state index in [1.807, 2.05) is 6.07 Å². The van der Waals surface area contributed by atoms with Crippen LogP contribution in [-0.2, 0) is 11.2 Å². The fraction of sp³-hybridized carbons (Fsp3) is 0.250. The van der Waals surface area contributed by atoms with Crippen molar-refractivity contribution >= 4 is 0 Å². The Morgan fingerprint density at radius 2 is 1.94 bits per heavy atom. The summed E-state index contributed by atoms with van der Waals surface area (Å²) in [5.74, 6) is 1.05. The molecule has 1 aliphatic rings. The monoisotopic (exact) mass is 226 g/mol. The van der Waals surface area contributed by atoms with Crippen molar-refractivity contribution in [3.05, 3.63) is 71.5 Å². The van der Waals surface area contributed by atoms with Gasteiger partial charge in [0.1, 0.15) is 0 Å². The van der Waals surface area contributed by atoms with Crippen LogP contribution in [0.3, 0.4) is 0 Å². The van der Waals surface area contributed by atoms with Crippen molar-refractivity contribution in [3.63, 3.8) is 0 Å². The van der Waals surface area contributed by atoms with Gasteiger partial charge in [-0.05, 0) is 18.6 Å². The molecule has 0 aromatic heterocycles. The maximum atomic E-state index is 5.78. The fourth-order valence-corrected chi connectivity index (χ4v) is 1.76. The Bertz CT molecular complexity index is 438. The van der Waals surface area contributed by atoms with Crippen molar-refractivity contribution in [2.45, 2.75) is 19.8 Å². The van der Waals surface area contributed by atoms with Gasteiger partial charge in [0.05, 0.1) is 12.4 Å². The molecule has 0 saturated carbocycles. The molecule has 0 aliphatic heterocycles. The first-order chi connectivity index (χ1) is 8.34. The van der Waals surface area contributed by atoms with E-state index in [2.05, 4.69) is 55.5 Å². The van der Waals surface area contributed by atoms with Crippen LogP contribution in [0.5, 0.6) is 0 Å². The summed E-state index contributed by atoms with van der Waals surface area (Å²) in [7, 11) is 0. The van der Waals surface area contributed by atoms with Gasteiger partial charge in [-0.2, -0.15) is 0 Å². The van der Waals surface area contributed by atoms with Crippen LogP contribution in [0.1, 0.15) is 18.9 Å². The average molecular weight is 226 g/mol. The Morgan fingerprint density at radius 1 is 1.12 bits per heavy atom. The summed E-state index contributed by atoms with van der Waals surface area (Å²) in [6.45, 7) is 2.84. The predicted octanol–water partition coefficient (Wildman–Crippen LogP) is 4.04. The van der Waals surface area contributed by atoms with Crippen molar-refractivity contribution in [1.82, 2.24) is 0 Å². The highest BCUT2D eigenvalue weighted by atomic mass is 16.5. The molecule has 0 fully saturated rings. The SMILES string of the molecule is CC1=CC=C(OCCc2ccccc2)CC=C1. The van der Waals surface area contributed by atoms with Gasteiger partial charge in [-0.3, -0.25) is 0 Å². The van der Waals surface area contributed by atoms with Gasteiger partial charge < -0.3 is 4.74 Å². The summed E-state index contributed by atoms with van der Waals surface area (Å²) in [6, 6.07) is 10.4. The topological polar surface area (TPSA) is 9.23 Å². The Labute approximate surface area is 103 Å². The third-order valence-corrected chi connectivity index (χ3v) is 2.75. The largest absolute Gasteiger partial charge is 0.497 e. The molecule has 1 heteroatoms. The number of rotatable bonds is 4. The molecule has 2 rings (SSSR count). The highest BCUT2D eigenvalue weighted by Crippen LogP contribution is 2.12. The van der Waals surface area contributed by atoms with E-state index < -0.39 is 0 Å². The summed E-state index contributed by atoms with van der Waals surface area (Å²) >= 11 is 0. The molecule has 1 aromatic rings. The third kappa shape index (κ3) is 3.95. The zero-order valence-electron chi connectivity index (χ0n) is 10.2. The predicted molar refractivity (Wildman–Crippen MR) is 71.7 cm³/mol. The molecule has 0 radical (unpaired) electrons. The number of ether oxygens (including phenoxy) is 1. The lowest BCUT2D eigenvalue weighted by Crippen LogP contribution is -1.98. The summed E-state index contributed by atoms with van der Waals surface area (Å²) in [5, 5.41) is 0. The molecule has 0 amide bonds. The standard InChI is InChI=1S/C16H18O/c1-14-6-5-9-16(11-10-14)17-13-12-15-7-3-2-4-8-15/h2-8,10-11H,9,12-13H2,1H3. The smallest absolute Gasteiger partial charge is 0.0997 e. The second-order valence-electron chi connectivity index (χ2n) is 4.23. The van der Waals surface area contributed by atoms with E-state index in [0.29, 0.717) is 0 Å². The number of hydrogen-bond donors (Lipinski definition) is 0. The van der Waals surface area contributed by atoms with Gasteiger partial charge in [0.15, 0.2) is 0 Å². The van der Waals surface area contributed by atoms with Crippen LogP contribution in [0.4, 0.5) is 0 Å². The van der Waals surface area contributed by atoms with E-state index in [4.69, 9.17) is 4.74 Å². The van der Waals surface area contributed by atoms with Crippen molar-refractivity contribution < 1.29 is 4.74 Å². The maximum Gasteiger partial charge on any atom is 0.0997 e. The van der Waals surface area contributed by atoms with Gasteiger partial charge in [-0.1, -0.05) is 54.1 Å². The lowest BCUT2D eigenvalue weighted by atomic mass is 10.2. The Kier molecular flexibility index (Phi) is 4.20. The lowest BCUT2D eigenvalue weighted by Gasteiger charge is -2.07. The summed E-state index contributed by atoms with van der Waals surface area (Å²) < 4.78 is 5.78. The molecule has 88 valence electrons. The molecule has 0 unspecified atom stereocenters. The van der Waals surface area contributed by atoms with E-state index in [9.17, 15) is 0 Å². The van der Waals surface area contributed by atoms with Crippen LogP contribution in [0.15, 0.2) is 66.0 Å². The zero-order valence-corrected chi connectivity index (χ0v) is 10.2. The molecule has 17 heavy (non-hydrogen) atoms. The highest BCUT2D eigenvalue weighted by molar-refractivity contribution is 5.27. The van der Waals surface area contributed by atoms with E-state index in [1.165, 1.54) is 11.1 Å². The minimum atomic E-state index is 0.747. The Morgan fingerprint density at radius 3 is 2.76 bits per heavy atom. The van der Waals surface area contributed by atoms with Gasteiger partial charge in [-0.15, -0.1) is 0 Å². The maximum absolute atomic E-state index is 5.78. The van der Waals surface area contributed by atoms with Crippen molar-refractivity contribution in [3.8, 4) is 0 Å². The minimum absolute atomic E-state index is 0.747. The minimum Gasteiger partial charge on any atom is -0.497 e. The first-order valence-electron chi connectivity index (χ1n) is 6.05. The first kappa shape index (κ1) is 11.7. The molecule has 0 spiro atoms. The second-order valence-corrected chi connectivity index (χ2v) is 4.23. The number of allylic oxidation sites excluding steroid dienone is 5. The van der Waals surface area contributed by atoms with Gasteiger partial charge in [0, 0.05) is 12.8 Å². The number of benzene rings is 1. The zero-order chi connectivity index (χ0) is 11.9. The van der Waals surface area contributed by atoms with Gasteiger partial charge in [-0.25, -0.2) is 0 Å². The average Bonchev–Trinajstić information content (AvgIpc) is 2.56. The Balaban J connectivity index is 1.81. The normalized spacial score (nSPS) is 14.9. The molecule has 1 nitrogen and oxygen atoms in total. The van der Waals surface area contributed by atoms with Crippen LogP contribution in [0.2, 0.25) is 0 Å². The van der Waals surface area contributed by atoms with E-state index in [1.54, 1.807) is 0 Å². The van der Waals surface area contributed by atoms with E-state index >= 15 is 0 Å². The van der Waals surface area contributed by atoms with Crippen molar-refractivity contribution in [2.75, 3.05) is 6.61 Å². The quantitative estimate of drug-likeness (QED) is 0.753. The lowest BCUT2D eigenvalue weighted by molar-refractivity contribution is 0.211. The fourth-order valence-electron chi connectivity index (χ4n) is 1.76. The molecule has 0 atom stereocenters.